The maximum Gasteiger partial charge on any atom is 0.165 e. The zero-order valence-electron chi connectivity index (χ0n) is 15.0. The SMILES string of the molecule is CN(C)c1ccccn1.OC[C@H]1O[C@@H](n2cnc3cncnc32)[C@H](O)[C@@H]1O. The minimum atomic E-state index is -1.14. The minimum absolute atomic E-state index is 0.365. The van der Waals surface area contributed by atoms with E-state index in [2.05, 4.69) is 19.9 Å². The summed E-state index contributed by atoms with van der Waals surface area (Å²) in [6.07, 6.45) is 2.23. The number of aromatic nitrogens is 5. The van der Waals surface area contributed by atoms with E-state index in [4.69, 9.17) is 9.84 Å². The predicted octanol–water partition coefficient (Wildman–Crippen LogP) is -0.415. The summed E-state index contributed by atoms with van der Waals surface area (Å²) in [6, 6.07) is 5.86. The summed E-state index contributed by atoms with van der Waals surface area (Å²) < 4.78 is 6.91. The van der Waals surface area contributed by atoms with Gasteiger partial charge in [-0.15, -0.1) is 0 Å². The van der Waals surface area contributed by atoms with E-state index < -0.39 is 24.5 Å². The molecule has 0 unspecified atom stereocenters. The second-order valence-electron chi connectivity index (χ2n) is 6.19. The first-order valence-corrected chi connectivity index (χ1v) is 8.36. The average molecular weight is 374 g/mol. The van der Waals surface area contributed by atoms with Gasteiger partial charge in [-0.3, -0.25) is 4.57 Å². The molecule has 0 aromatic carbocycles. The smallest absolute Gasteiger partial charge is 0.165 e. The summed E-state index contributed by atoms with van der Waals surface area (Å²) in [7, 11) is 3.95. The Balaban J connectivity index is 0.000000197. The average Bonchev–Trinajstić information content (AvgIpc) is 3.24. The van der Waals surface area contributed by atoms with Gasteiger partial charge >= 0.3 is 0 Å². The zero-order valence-corrected chi connectivity index (χ0v) is 15.0. The number of ether oxygens (including phenoxy) is 1. The first kappa shape index (κ1) is 19.1. The summed E-state index contributed by atoms with van der Waals surface area (Å²) in [5.74, 6) is 0.998. The van der Waals surface area contributed by atoms with Gasteiger partial charge in [0, 0.05) is 20.3 Å². The number of anilines is 1. The van der Waals surface area contributed by atoms with Crippen molar-refractivity contribution >= 4 is 17.0 Å². The molecule has 4 rings (SSSR count). The van der Waals surface area contributed by atoms with Crippen molar-refractivity contribution in [1.82, 2.24) is 24.5 Å². The quantitative estimate of drug-likeness (QED) is 0.560. The van der Waals surface area contributed by atoms with E-state index in [9.17, 15) is 10.2 Å². The predicted molar refractivity (Wildman–Crippen MR) is 96.9 cm³/mol. The lowest BCUT2D eigenvalue weighted by Gasteiger charge is -2.16. The van der Waals surface area contributed by atoms with Crippen LogP contribution in [0, 0.1) is 0 Å². The van der Waals surface area contributed by atoms with Gasteiger partial charge in [-0.05, 0) is 12.1 Å². The van der Waals surface area contributed by atoms with Crippen molar-refractivity contribution in [3.63, 3.8) is 0 Å². The summed E-state index contributed by atoms with van der Waals surface area (Å²) >= 11 is 0. The summed E-state index contributed by atoms with van der Waals surface area (Å²) in [5, 5.41) is 28.6. The van der Waals surface area contributed by atoms with Gasteiger partial charge in [-0.1, -0.05) is 6.07 Å². The minimum Gasteiger partial charge on any atom is -0.394 e. The molecular formula is C17H22N6O4. The Morgan fingerprint density at radius 1 is 1.15 bits per heavy atom. The number of pyridine rings is 1. The lowest BCUT2D eigenvalue weighted by molar-refractivity contribution is -0.0511. The molecule has 0 aliphatic carbocycles. The van der Waals surface area contributed by atoms with Gasteiger partial charge in [-0.25, -0.2) is 19.9 Å². The topological polar surface area (TPSA) is 130 Å². The molecule has 0 amide bonds. The molecule has 1 aliphatic heterocycles. The van der Waals surface area contributed by atoms with Crippen LogP contribution in [0.1, 0.15) is 6.23 Å². The molecule has 10 nitrogen and oxygen atoms in total. The Hall–Kier alpha value is -2.66. The molecule has 1 saturated heterocycles. The fourth-order valence-electron chi connectivity index (χ4n) is 2.70. The van der Waals surface area contributed by atoms with E-state index in [0.717, 1.165) is 5.82 Å². The van der Waals surface area contributed by atoms with Crippen LogP contribution >= 0.6 is 0 Å². The second-order valence-corrected chi connectivity index (χ2v) is 6.19. The largest absolute Gasteiger partial charge is 0.394 e. The third-order valence-electron chi connectivity index (χ3n) is 4.14. The fraction of sp³-hybridized carbons (Fsp3) is 0.412. The molecule has 144 valence electrons. The molecule has 10 heteroatoms. The van der Waals surface area contributed by atoms with Crippen LogP contribution in [0.3, 0.4) is 0 Å². The van der Waals surface area contributed by atoms with Crippen molar-refractivity contribution < 1.29 is 20.1 Å². The van der Waals surface area contributed by atoms with Crippen LogP contribution in [0.15, 0.2) is 43.2 Å². The molecule has 4 heterocycles. The van der Waals surface area contributed by atoms with E-state index in [0.29, 0.717) is 11.2 Å². The van der Waals surface area contributed by atoms with Gasteiger partial charge in [0.1, 0.15) is 36.0 Å². The van der Waals surface area contributed by atoms with Gasteiger partial charge in [0.05, 0.1) is 19.1 Å². The van der Waals surface area contributed by atoms with E-state index in [1.54, 1.807) is 12.4 Å². The third kappa shape index (κ3) is 4.03. The molecule has 1 aliphatic rings. The number of fused-ring (bicyclic) bond motifs is 1. The lowest BCUT2D eigenvalue weighted by atomic mass is 10.1. The van der Waals surface area contributed by atoms with Crippen molar-refractivity contribution in [2.24, 2.45) is 0 Å². The molecular weight excluding hydrogens is 352 g/mol. The second kappa shape index (κ2) is 8.35. The number of imidazole rings is 1. The molecule has 1 fully saturated rings. The number of aliphatic hydroxyl groups excluding tert-OH is 3. The zero-order chi connectivity index (χ0) is 19.4. The molecule has 4 atom stereocenters. The van der Waals surface area contributed by atoms with E-state index >= 15 is 0 Å². The Kier molecular flexibility index (Phi) is 5.91. The number of nitrogens with zero attached hydrogens (tertiary/aromatic N) is 6. The van der Waals surface area contributed by atoms with Gasteiger partial charge in [0.25, 0.3) is 0 Å². The maximum atomic E-state index is 9.91. The Morgan fingerprint density at radius 3 is 2.56 bits per heavy atom. The highest BCUT2D eigenvalue weighted by Gasteiger charge is 2.43. The van der Waals surface area contributed by atoms with Crippen LogP contribution in [0.2, 0.25) is 0 Å². The highest BCUT2D eigenvalue weighted by Crippen LogP contribution is 2.30. The van der Waals surface area contributed by atoms with Gasteiger partial charge < -0.3 is 25.0 Å². The maximum absolute atomic E-state index is 9.91. The van der Waals surface area contributed by atoms with Crippen LogP contribution in [-0.4, -0.2) is 78.8 Å². The van der Waals surface area contributed by atoms with Crippen molar-refractivity contribution in [2.45, 2.75) is 24.5 Å². The number of aliphatic hydroxyl groups is 3. The molecule has 3 aromatic rings. The first-order valence-electron chi connectivity index (χ1n) is 8.36. The van der Waals surface area contributed by atoms with E-state index in [-0.39, 0.29) is 6.61 Å². The van der Waals surface area contributed by atoms with Crippen LogP contribution in [0.5, 0.6) is 0 Å². The molecule has 3 aromatic heterocycles. The molecule has 0 saturated carbocycles. The summed E-state index contributed by atoms with van der Waals surface area (Å²) in [5.41, 5.74) is 1.06. The monoisotopic (exact) mass is 374 g/mol. The highest BCUT2D eigenvalue weighted by molar-refractivity contribution is 5.69. The lowest BCUT2D eigenvalue weighted by Crippen LogP contribution is -2.33. The molecule has 0 bridgehead atoms. The van der Waals surface area contributed by atoms with Crippen molar-refractivity contribution in [3.05, 3.63) is 43.2 Å². The van der Waals surface area contributed by atoms with Gasteiger partial charge in [0.15, 0.2) is 11.9 Å². The molecule has 0 spiro atoms. The van der Waals surface area contributed by atoms with Gasteiger partial charge in [0.2, 0.25) is 0 Å². The van der Waals surface area contributed by atoms with E-state index in [1.807, 2.05) is 37.2 Å². The van der Waals surface area contributed by atoms with Crippen molar-refractivity contribution in [3.8, 4) is 0 Å². The fourth-order valence-corrected chi connectivity index (χ4v) is 2.70. The highest BCUT2D eigenvalue weighted by atomic mass is 16.6. The van der Waals surface area contributed by atoms with Gasteiger partial charge in [-0.2, -0.15) is 0 Å². The molecule has 0 radical (unpaired) electrons. The van der Waals surface area contributed by atoms with Crippen LogP contribution in [0.25, 0.3) is 11.2 Å². The van der Waals surface area contributed by atoms with Crippen LogP contribution in [0.4, 0.5) is 5.82 Å². The Labute approximate surface area is 155 Å². The number of rotatable bonds is 3. The van der Waals surface area contributed by atoms with E-state index in [1.165, 1.54) is 17.2 Å². The Bertz CT molecular complexity index is 859. The Morgan fingerprint density at radius 2 is 1.96 bits per heavy atom. The standard InChI is InChI=1S/C10H12N4O4.C7H10N2/c15-2-6-7(16)8(17)10(18-6)14-4-13-5-1-11-3-12-9(5)14;1-9(2)7-5-3-4-6-8-7/h1,3-4,6-8,10,15-17H,2H2;3-6H,1-2H3/t6-,7-,8-,10-;/m1./s1. The molecule has 3 N–H and O–H groups in total. The summed E-state index contributed by atoms with van der Waals surface area (Å²) in [4.78, 5) is 18.0. The normalized spacial score (nSPS) is 24.5. The first-order chi connectivity index (χ1) is 13.0. The summed E-state index contributed by atoms with van der Waals surface area (Å²) in [6.45, 7) is -0.365. The van der Waals surface area contributed by atoms with Crippen molar-refractivity contribution in [1.29, 1.82) is 0 Å². The van der Waals surface area contributed by atoms with Crippen molar-refractivity contribution in [2.75, 3.05) is 25.6 Å². The van der Waals surface area contributed by atoms with Crippen LogP contribution < -0.4 is 4.90 Å². The number of hydrogen-bond acceptors (Lipinski definition) is 9. The number of hydrogen-bond donors (Lipinski definition) is 3. The van der Waals surface area contributed by atoms with Crippen LogP contribution in [-0.2, 0) is 4.74 Å². The molecule has 27 heavy (non-hydrogen) atoms. The third-order valence-corrected chi connectivity index (χ3v) is 4.14.